The zero-order chi connectivity index (χ0) is 13.9. The first-order chi connectivity index (χ1) is 9.74. The van der Waals surface area contributed by atoms with Crippen LogP contribution in [0.3, 0.4) is 0 Å². The van der Waals surface area contributed by atoms with E-state index < -0.39 is 0 Å². The maximum Gasteiger partial charge on any atom is 0.227 e. The maximum atomic E-state index is 12.3. The lowest BCUT2D eigenvalue weighted by Gasteiger charge is -2.46. The predicted molar refractivity (Wildman–Crippen MR) is 79.7 cm³/mol. The summed E-state index contributed by atoms with van der Waals surface area (Å²) in [4.78, 5) is 16.8. The molecule has 1 N–H and O–H groups in total. The Balaban J connectivity index is 1.49. The van der Waals surface area contributed by atoms with E-state index in [0.717, 1.165) is 44.8 Å². The van der Waals surface area contributed by atoms with Crippen molar-refractivity contribution >= 4 is 5.91 Å². The number of hydrogen-bond acceptors (Lipinski definition) is 3. The number of likely N-dealkylation sites (tertiary alicyclic amines) is 1. The van der Waals surface area contributed by atoms with E-state index in [2.05, 4.69) is 29.3 Å². The van der Waals surface area contributed by atoms with Crippen LogP contribution < -0.4 is 5.32 Å². The van der Waals surface area contributed by atoms with Gasteiger partial charge in [0.2, 0.25) is 5.91 Å². The van der Waals surface area contributed by atoms with Crippen molar-refractivity contribution in [2.45, 2.75) is 19.4 Å². The molecular formula is C16H23N3O. The summed E-state index contributed by atoms with van der Waals surface area (Å²) in [5, 5.41) is 3.37. The minimum absolute atomic E-state index is 0.269. The van der Waals surface area contributed by atoms with Gasteiger partial charge >= 0.3 is 0 Å². The van der Waals surface area contributed by atoms with Crippen molar-refractivity contribution in [1.82, 2.24) is 15.1 Å². The van der Waals surface area contributed by atoms with Crippen LogP contribution in [0.25, 0.3) is 0 Å². The Morgan fingerprint density at radius 2 is 1.95 bits per heavy atom. The number of carbonyl (C=O) groups is 1. The minimum Gasteiger partial charge on any atom is -0.339 e. The smallest absolute Gasteiger partial charge is 0.227 e. The molecule has 1 aromatic carbocycles. The van der Waals surface area contributed by atoms with E-state index in [9.17, 15) is 4.79 Å². The van der Waals surface area contributed by atoms with Crippen molar-refractivity contribution in [3.8, 4) is 0 Å². The van der Waals surface area contributed by atoms with Gasteiger partial charge in [0.15, 0.2) is 0 Å². The second-order valence-corrected chi connectivity index (χ2v) is 5.84. The number of amides is 1. The van der Waals surface area contributed by atoms with E-state index >= 15 is 0 Å². The van der Waals surface area contributed by atoms with Gasteiger partial charge in [-0.05, 0) is 18.1 Å². The number of piperazine rings is 1. The SMILES string of the molecule is Cc1ccccc1CC(=O)N1CC(N2CCNCC2)C1. The zero-order valence-electron chi connectivity index (χ0n) is 12.1. The fourth-order valence-corrected chi connectivity index (χ4v) is 3.02. The number of carbonyl (C=O) groups excluding carboxylic acids is 1. The normalized spacial score (nSPS) is 20.8. The molecular weight excluding hydrogens is 250 g/mol. The monoisotopic (exact) mass is 273 g/mol. The number of nitrogens with zero attached hydrogens (tertiary/aromatic N) is 2. The molecule has 2 aliphatic rings. The summed E-state index contributed by atoms with van der Waals surface area (Å²) in [7, 11) is 0. The van der Waals surface area contributed by atoms with Crippen molar-refractivity contribution in [3.63, 3.8) is 0 Å². The van der Waals surface area contributed by atoms with Gasteiger partial charge in [-0.1, -0.05) is 24.3 Å². The summed E-state index contributed by atoms with van der Waals surface area (Å²) in [5.41, 5.74) is 2.36. The molecule has 0 saturated carbocycles. The lowest BCUT2D eigenvalue weighted by Crippen LogP contribution is -2.64. The van der Waals surface area contributed by atoms with Gasteiger partial charge in [0.25, 0.3) is 0 Å². The number of nitrogens with one attached hydrogen (secondary N) is 1. The van der Waals surface area contributed by atoms with Crippen molar-refractivity contribution in [2.75, 3.05) is 39.3 Å². The van der Waals surface area contributed by atoms with Gasteiger partial charge in [-0.15, -0.1) is 0 Å². The quantitative estimate of drug-likeness (QED) is 0.878. The molecule has 2 aliphatic heterocycles. The molecule has 0 aromatic heterocycles. The minimum atomic E-state index is 0.269. The van der Waals surface area contributed by atoms with Crippen LogP contribution in [0.15, 0.2) is 24.3 Å². The van der Waals surface area contributed by atoms with Crippen LogP contribution in [0.4, 0.5) is 0 Å². The summed E-state index contributed by atoms with van der Waals surface area (Å²) in [6, 6.07) is 8.74. The van der Waals surface area contributed by atoms with Gasteiger partial charge < -0.3 is 10.2 Å². The van der Waals surface area contributed by atoms with E-state index in [4.69, 9.17) is 0 Å². The second kappa shape index (κ2) is 5.94. The molecule has 0 bridgehead atoms. The summed E-state index contributed by atoms with van der Waals surface area (Å²) >= 11 is 0. The van der Waals surface area contributed by atoms with Crippen LogP contribution in [0.2, 0.25) is 0 Å². The fourth-order valence-electron chi connectivity index (χ4n) is 3.02. The van der Waals surface area contributed by atoms with Crippen molar-refractivity contribution in [2.24, 2.45) is 0 Å². The second-order valence-electron chi connectivity index (χ2n) is 5.84. The van der Waals surface area contributed by atoms with Gasteiger partial charge in [0.1, 0.15) is 0 Å². The molecule has 0 unspecified atom stereocenters. The summed E-state index contributed by atoms with van der Waals surface area (Å²) in [6.07, 6.45) is 0.543. The van der Waals surface area contributed by atoms with Crippen molar-refractivity contribution in [3.05, 3.63) is 35.4 Å². The molecule has 108 valence electrons. The Labute approximate surface area is 120 Å². The number of benzene rings is 1. The van der Waals surface area contributed by atoms with Gasteiger partial charge in [0.05, 0.1) is 6.42 Å². The third-order valence-electron chi connectivity index (χ3n) is 4.49. The molecule has 2 heterocycles. The van der Waals surface area contributed by atoms with Crippen LogP contribution in [0.1, 0.15) is 11.1 Å². The standard InChI is InChI=1S/C16H23N3O/c1-13-4-2-3-5-14(13)10-16(20)19-11-15(12-19)18-8-6-17-7-9-18/h2-5,15,17H,6-12H2,1H3. The summed E-state index contributed by atoms with van der Waals surface area (Å²) in [6.45, 7) is 8.27. The Kier molecular flexibility index (Phi) is 4.03. The molecule has 1 amide bonds. The molecule has 1 aromatic rings. The van der Waals surface area contributed by atoms with Crippen LogP contribution in [0, 0.1) is 6.92 Å². The highest BCUT2D eigenvalue weighted by molar-refractivity contribution is 5.80. The van der Waals surface area contributed by atoms with Crippen LogP contribution in [-0.2, 0) is 11.2 Å². The fraction of sp³-hybridized carbons (Fsp3) is 0.562. The van der Waals surface area contributed by atoms with Crippen LogP contribution >= 0.6 is 0 Å². The number of hydrogen-bond donors (Lipinski definition) is 1. The van der Waals surface area contributed by atoms with E-state index in [1.807, 2.05) is 17.0 Å². The Bertz CT molecular complexity index is 476. The third-order valence-corrected chi connectivity index (χ3v) is 4.49. The lowest BCUT2D eigenvalue weighted by atomic mass is 10.0. The Hall–Kier alpha value is -1.39. The first-order valence-corrected chi connectivity index (χ1v) is 7.51. The lowest BCUT2D eigenvalue weighted by molar-refractivity contribution is -0.138. The van der Waals surface area contributed by atoms with Crippen molar-refractivity contribution < 1.29 is 4.79 Å². The largest absolute Gasteiger partial charge is 0.339 e. The predicted octanol–water partition coefficient (Wildman–Crippen LogP) is 0.654. The zero-order valence-corrected chi connectivity index (χ0v) is 12.1. The van der Waals surface area contributed by atoms with Gasteiger partial charge in [-0.3, -0.25) is 9.69 Å². The molecule has 0 spiro atoms. The highest BCUT2D eigenvalue weighted by Gasteiger charge is 2.34. The summed E-state index contributed by atoms with van der Waals surface area (Å²) in [5.74, 6) is 0.269. The Morgan fingerprint density at radius 1 is 1.25 bits per heavy atom. The Morgan fingerprint density at radius 3 is 2.65 bits per heavy atom. The van der Waals surface area contributed by atoms with E-state index in [1.165, 1.54) is 5.56 Å². The van der Waals surface area contributed by atoms with Gasteiger partial charge in [-0.2, -0.15) is 0 Å². The van der Waals surface area contributed by atoms with Crippen molar-refractivity contribution in [1.29, 1.82) is 0 Å². The molecule has 0 aliphatic carbocycles. The third kappa shape index (κ3) is 2.86. The maximum absolute atomic E-state index is 12.3. The molecule has 2 saturated heterocycles. The highest BCUT2D eigenvalue weighted by atomic mass is 16.2. The summed E-state index contributed by atoms with van der Waals surface area (Å²) < 4.78 is 0. The molecule has 20 heavy (non-hydrogen) atoms. The topological polar surface area (TPSA) is 35.6 Å². The molecule has 4 heteroatoms. The van der Waals surface area contributed by atoms with E-state index in [1.54, 1.807) is 0 Å². The van der Waals surface area contributed by atoms with E-state index in [0.29, 0.717) is 12.5 Å². The molecule has 0 radical (unpaired) electrons. The average molecular weight is 273 g/mol. The van der Waals surface area contributed by atoms with E-state index in [-0.39, 0.29) is 5.91 Å². The molecule has 2 fully saturated rings. The molecule has 0 atom stereocenters. The first kappa shape index (κ1) is 13.6. The highest BCUT2D eigenvalue weighted by Crippen LogP contribution is 2.18. The molecule has 3 rings (SSSR count). The van der Waals surface area contributed by atoms with Crippen LogP contribution in [0.5, 0.6) is 0 Å². The van der Waals surface area contributed by atoms with Crippen LogP contribution in [-0.4, -0.2) is 61.0 Å². The number of rotatable bonds is 3. The van der Waals surface area contributed by atoms with Gasteiger partial charge in [-0.25, -0.2) is 0 Å². The molecule has 4 nitrogen and oxygen atoms in total. The average Bonchev–Trinajstić information content (AvgIpc) is 2.41. The number of aryl methyl sites for hydroxylation is 1. The first-order valence-electron chi connectivity index (χ1n) is 7.51. The van der Waals surface area contributed by atoms with Gasteiger partial charge in [0, 0.05) is 45.3 Å².